The molecule has 1 fully saturated rings. The fourth-order valence-corrected chi connectivity index (χ4v) is 2.47. The van der Waals surface area contributed by atoms with Gasteiger partial charge in [0.05, 0.1) is 5.92 Å². The first-order valence-electron chi connectivity index (χ1n) is 5.62. The van der Waals surface area contributed by atoms with Crippen LogP contribution in [0.25, 0.3) is 0 Å². The molecule has 94 valence electrons. The molecule has 1 aliphatic rings. The molecule has 2 nitrogen and oxygen atoms in total. The summed E-state index contributed by atoms with van der Waals surface area (Å²) in [4.78, 5) is 0. The second kappa shape index (κ2) is 5.68. The van der Waals surface area contributed by atoms with E-state index < -0.39 is 12.1 Å². The summed E-state index contributed by atoms with van der Waals surface area (Å²) in [5.74, 6) is 4.21. The summed E-state index contributed by atoms with van der Waals surface area (Å²) in [5.41, 5.74) is 2.61. The molecule has 0 amide bonds. The van der Waals surface area contributed by atoms with Crippen LogP contribution in [0.5, 0.6) is 0 Å². The molecule has 0 aromatic carbocycles. The molecule has 0 aliphatic heterocycles. The molecule has 5 heteroatoms. The zero-order chi connectivity index (χ0) is 12.2. The van der Waals surface area contributed by atoms with Gasteiger partial charge in [-0.1, -0.05) is 12.5 Å². The van der Waals surface area contributed by atoms with E-state index in [1.54, 1.807) is 6.08 Å². The zero-order valence-electron chi connectivity index (χ0n) is 9.26. The van der Waals surface area contributed by atoms with Crippen molar-refractivity contribution in [3.05, 3.63) is 12.7 Å². The number of alkyl halides is 3. The van der Waals surface area contributed by atoms with Crippen LogP contribution in [0.3, 0.4) is 0 Å². The van der Waals surface area contributed by atoms with Crippen molar-refractivity contribution in [2.75, 3.05) is 0 Å². The third-order valence-corrected chi connectivity index (χ3v) is 3.38. The summed E-state index contributed by atoms with van der Waals surface area (Å²) in [6.07, 6.45) is 0.135. The van der Waals surface area contributed by atoms with Crippen LogP contribution >= 0.6 is 0 Å². The number of nitrogens with one attached hydrogen (secondary N) is 1. The van der Waals surface area contributed by atoms with Crippen molar-refractivity contribution in [1.82, 2.24) is 5.43 Å². The van der Waals surface area contributed by atoms with Gasteiger partial charge in [0.25, 0.3) is 0 Å². The lowest BCUT2D eigenvalue weighted by molar-refractivity contribution is -0.186. The highest BCUT2D eigenvalue weighted by atomic mass is 19.4. The molecule has 1 aliphatic carbocycles. The highest BCUT2D eigenvalue weighted by molar-refractivity contribution is 4.87. The van der Waals surface area contributed by atoms with Crippen LogP contribution in [0.4, 0.5) is 13.2 Å². The lowest BCUT2D eigenvalue weighted by Crippen LogP contribution is -2.43. The first-order valence-corrected chi connectivity index (χ1v) is 5.62. The Morgan fingerprint density at radius 2 is 2.12 bits per heavy atom. The van der Waals surface area contributed by atoms with E-state index in [0.717, 1.165) is 6.42 Å². The van der Waals surface area contributed by atoms with Crippen LogP contribution < -0.4 is 11.3 Å². The van der Waals surface area contributed by atoms with E-state index in [9.17, 15) is 13.2 Å². The Kier molecular flexibility index (Phi) is 4.80. The Morgan fingerprint density at radius 1 is 1.44 bits per heavy atom. The number of hydrogen-bond donors (Lipinski definition) is 2. The number of halogens is 3. The van der Waals surface area contributed by atoms with E-state index in [1.807, 2.05) is 0 Å². The van der Waals surface area contributed by atoms with Gasteiger partial charge in [-0.05, 0) is 31.6 Å². The maximum Gasteiger partial charge on any atom is 0.391 e. The maximum absolute atomic E-state index is 12.6. The van der Waals surface area contributed by atoms with E-state index in [4.69, 9.17) is 5.84 Å². The highest BCUT2D eigenvalue weighted by Gasteiger charge is 2.43. The van der Waals surface area contributed by atoms with Gasteiger partial charge in [-0.15, -0.1) is 6.58 Å². The smallest absolute Gasteiger partial charge is 0.271 e. The van der Waals surface area contributed by atoms with Crippen molar-refractivity contribution in [3.8, 4) is 0 Å². The second-order valence-corrected chi connectivity index (χ2v) is 4.46. The van der Waals surface area contributed by atoms with E-state index in [1.165, 1.54) is 0 Å². The van der Waals surface area contributed by atoms with Crippen molar-refractivity contribution in [1.29, 1.82) is 0 Å². The normalized spacial score (nSPS) is 28.8. The average molecular weight is 236 g/mol. The standard InChI is InChI=1S/C11H19F3N2/c1-2-4-10(16-15)8-5-3-6-9(7-8)11(12,13)14/h2,8-10,16H,1,3-7,15H2. The molecule has 3 atom stereocenters. The fourth-order valence-electron chi connectivity index (χ4n) is 2.47. The first kappa shape index (κ1) is 13.5. The summed E-state index contributed by atoms with van der Waals surface area (Å²) in [6.45, 7) is 3.59. The molecule has 1 saturated carbocycles. The van der Waals surface area contributed by atoms with Crippen molar-refractivity contribution >= 4 is 0 Å². The Hall–Kier alpha value is -0.550. The predicted molar refractivity (Wildman–Crippen MR) is 57.4 cm³/mol. The lowest BCUT2D eigenvalue weighted by Gasteiger charge is -2.34. The van der Waals surface area contributed by atoms with E-state index in [2.05, 4.69) is 12.0 Å². The summed E-state index contributed by atoms with van der Waals surface area (Å²) in [7, 11) is 0. The van der Waals surface area contributed by atoms with Crippen LogP contribution in [-0.4, -0.2) is 12.2 Å². The van der Waals surface area contributed by atoms with Crippen LogP contribution in [0, 0.1) is 11.8 Å². The molecule has 3 N–H and O–H groups in total. The van der Waals surface area contributed by atoms with Gasteiger partial charge in [0.2, 0.25) is 0 Å². The highest BCUT2D eigenvalue weighted by Crippen LogP contribution is 2.41. The maximum atomic E-state index is 12.6. The van der Waals surface area contributed by atoms with Gasteiger partial charge in [0.15, 0.2) is 0 Å². The molecular formula is C11H19F3N2. The number of hydrogen-bond acceptors (Lipinski definition) is 2. The molecule has 0 heterocycles. The third kappa shape index (κ3) is 3.49. The molecule has 0 saturated heterocycles. The third-order valence-electron chi connectivity index (χ3n) is 3.38. The van der Waals surface area contributed by atoms with Crippen LogP contribution in [0.1, 0.15) is 32.1 Å². The molecule has 0 bridgehead atoms. The number of hydrazine groups is 1. The quantitative estimate of drug-likeness (QED) is 0.447. The fraction of sp³-hybridized carbons (Fsp3) is 0.818. The molecule has 0 radical (unpaired) electrons. The van der Waals surface area contributed by atoms with Crippen LogP contribution in [0.15, 0.2) is 12.7 Å². The molecule has 1 rings (SSSR count). The Labute approximate surface area is 94.0 Å². The van der Waals surface area contributed by atoms with Crippen molar-refractivity contribution in [2.45, 2.75) is 44.3 Å². The lowest BCUT2D eigenvalue weighted by atomic mass is 9.77. The summed E-state index contributed by atoms with van der Waals surface area (Å²) in [6, 6.07) is -0.0809. The van der Waals surface area contributed by atoms with Gasteiger partial charge < -0.3 is 0 Å². The van der Waals surface area contributed by atoms with Crippen molar-refractivity contribution in [2.24, 2.45) is 17.7 Å². The summed E-state index contributed by atoms with van der Waals surface area (Å²) >= 11 is 0. The van der Waals surface area contributed by atoms with Crippen LogP contribution in [0.2, 0.25) is 0 Å². The predicted octanol–water partition coefficient (Wildman–Crippen LogP) is 2.76. The van der Waals surface area contributed by atoms with Gasteiger partial charge in [-0.2, -0.15) is 13.2 Å². The molecule has 3 unspecified atom stereocenters. The van der Waals surface area contributed by atoms with Crippen LogP contribution in [-0.2, 0) is 0 Å². The Bertz CT molecular complexity index is 228. The average Bonchev–Trinajstić information content (AvgIpc) is 2.25. The minimum atomic E-state index is -4.06. The molecule has 0 spiro atoms. The SMILES string of the molecule is C=CCC(NN)C1CCCC(C(F)(F)F)C1. The van der Waals surface area contributed by atoms with E-state index in [-0.39, 0.29) is 24.8 Å². The van der Waals surface area contributed by atoms with Gasteiger partial charge in [-0.3, -0.25) is 11.3 Å². The zero-order valence-corrected chi connectivity index (χ0v) is 9.26. The molecule has 0 aromatic rings. The molecule has 16 heavy (non-hydrogen) atoms. The Morgan fingerprint density at radius 3 is 2.62 bits per heavy atom. The number of rotatable bonds is 4. The van der Waals surface area contributed by atoms with Crippen molar-refractivity contribution < 1.29 is 13.2 Å². The summed E-state index contributed by atoms with van der Waals surface area (Å²) < 4.78 is 37.8. The van der Waals surface area contributed by atoms with E-state index in [0.29, 0.717) is 12.8 Å². The minimum absolute atomic E-state index is 0.00312. The Balaban J connectivity index is 2.58. The van der Waals surface area contributed by atoms with E-state index >= 15 is 0 Å². The molecule has 0 aromatic heterocycles. The van der Waals surface area contributed by atoms with Crippen molar-refractivity contribution in [3.63, 3.8) is 0 Å². The number of nitrogens with two attached hydrogens (primary N) is 1. The largest absolute Gasteiger partial charge is 0.391 e. The van der Waals surface area contributed by atoms with Gasteiger partial charge in [-0.25, -0.2) is 0 Å². The van der Waals surface area contributed by atoms with Gasteiger partial charge in [0, 0.05) is 6.04 Å². The second-order valence-electron chi connectivity index (χ2n) is 4.46. The minimum Gasteiger partial charge on any atom is -0.271 e. The monoisotopic (exact) mass is 236 g/mol. The first-order chi connectivity index (χ1) is 7.49. The van der Waals surface area contributed by atoms with Gasteiger partial charge in [0.1, 0.15) is 0 Å². The molecular weight excluding hydrogens is 217 g/mol. The topological polar surface area (TPSA) is 38.0 Å². The van der Waals surface area contributed by atoms with Gasteiger partial charge >= 0.3 is 6.18 Å². The summed E-state index contributed by atoms with van der Waals surface area (Å²) in [5, 5.41) is 0.